The van der Waals surface area contributed by atoms with Crippen LogP contribution in [0.1, 0.15) is 15.9 Å². The summed E-state index contributed by atoms with van der Waals surface area (Å²) in [4.78, 5) is 12.9. The van der Waals surface area contributed by atoms with Crippen LogP contribution in [0.5, 0.6) is 5.75 Å². The maximum atomic E-state index is 12.9. The number of methoxy groups -OCH3 is 1. The van der Waals surface area contributed by atoms with Gasteiger partial charge < -0.3 is 4.74 Å². The Labute approximate surface area is 204 Å². The van der Waals surface area contributed by atoms with E-state index in [9.17, 15) is 4.79 Å². The average molecular weight is 457 g/mol. The third-order valence-electron chi connectivity index (χ3n) is 5.82. The fraction of sp³-hybridized carbons (Fsp3) is 0.0323. The molecule has 0 bridgehead atoms. The van der Waals surface area contributed by atoms with E-state index < -0.39 is 0 Å². The van der Waals surface area contributed by atoms with Crippen LogP contribution in [-0.2, 0) is 0 Å². The Hall–Kier alpha value is -4.70. The van der Waals surface area contributed by atoms with Crippen LogP contribution in [0.4, 0.5) is 0 Å². The van der Waals surface area contributed by atoms with Crippen molar-refractivity contribution in [1.82, 2.24) is 9.78 Å². The highest BCUT2D eigenvalue weighted by molar-refractivity contribution is 6.07. The zero-order chi connectivity index (χ0) is 24.0. The number of carbonyl (C=O) groups is 1. The Morgan fingerprint density at radius 1 is 0.743 bits per heavy atom. The fourth-order valence-corrected chi connectivity index (χ4v) is 3.91. The van der Waals surface area contributed by atoms with Crippen LogP contribution in [0.25, 0.3) is 34.1 Å². The van der Waals surface area contributed by atoms with Gasteiger partial charge in [-0.25, -0.2) is 4.68 Å². The monoisotopic (exact) mass is 456 g/mol. The first-order valence-corrected chi connectivity index (χ1v) is 11.4. The second kappa shape index (κ2) is 10.1. The second-order valence-corrected chi connectivity index (χ2v) is 8.08. The van der Waals surface area contributed by atoms with Gasteiger partial charge in [0.2, 0.25) is 0 Å². The number of hydrogen-bond acceptors (Lipinski definition) is 3. The number of para-hydroxylation sites is 1. The molecule has 0 aliphatic carbocycles. The van der Waals surface area contributed by atoms with Crippen LogP contribution in [0.15, 0.2) is 121 Å². The first-order valence-electron chi connectivity index (χ1n) is 11.4. The van der Waals surface area contributed by atoms with Gasteiger partial charge in [0.15, 0.2) is 5.78 Å². The van der Waals surface area contributed by atoms with Gasteiger partial charge in [-0.2, -0.15) is 5.10 Å². The Morgan fingerprint density at radius 2 is 1.34 bits per heavy atom. The molecule has 5 aromatic rings. The highest BCUT2D eigenvalue weighted by Crippen LogP contribution is 2.27. The number of carbonyl (C=O) groups excluding carboxylic acids is 1. The molecule has 4 aromatic carbocycles. The maximum Gasteiger partial charge on any atom is 0.185 e. The molecular weight excluding hydrogens is 432 g/mol. The maximum absolute atomic E-state index is 12.9. The molecule has 0 atom stereocenters. The van der Waals surface area contributed by atoms with Gasteiger partial charge in [0, 0.05) is 22.9 Å². The SMILES string of the molecule is COc1ccc(-c2nn(-c3ccccc3)cc2/C=C/C(=O)c2ccc(-c3ccccc3)cc2)cc1. The van der Waals surface area contributed by atoms with Crippen LogP contribution in [-0.4, -0.2) is 22.7 Å². The van der Waals surface area contributed by atoms with Gasteiger partial charge in [-0.05, 0) is 59.7 Å². The van der Waals surface area contributed by atoms with E-state index in [1.54, 1.807) is 13.2 Å². The largest absolute Gasteiger partial charge is 0.497 e. The standard InChI is InChI=1S/C31H24N2O2/c1-35-29-19-16-26(17-20-29)31-27(22-33(32-31)28-10-6-3-7-11-28)18-21-30(34)25-14-12-24(13-15-25)23-8-4-2-5-9-23/h2-22H,1H3/b21-18+. The lowest BCUT2D eigenvalue weighted by molar-refractivity contribution is 0.104. The van der Waals surface area contributed by atoms with E-state index in [1.807, 2.05) is 114 Å². The highest BCUT2D eigenvalue weighted by Gasteiger charge is 2.12. The molecule has 0 fully saturated rings. The molecule has 5 rings (SSSR count). The summed E-state index contributed by atoms with van der Waals surface area (Å²) < 4.78 is 7.12. The Morgan fingerprint density at radius 3 is 2.00 bits per heavy atom. The third-order valence-corrected chi connectivity index (χ3v) is 5.82. The van der Waals surface area contributed by atoms with Crippen molar-refractivity contribution in [2.24, 2.45) is 0 Å². The van der Waals surface area contributed by atoms with Gasteiger partial charge in [0.1, 0.15) is 5.75 Å². The number of hydrogen-bond donors (Lipinski definition) is 0. The topological polar surface area (TPSA) is 44.1 Å². The van der Waals surface area contributed by atoms with E-state index in [4.69, 9.17) is 9.84 Å². The van der Waals surface area contributed by atoms with Crippen LogP contribution >= 0.6 is 0 Å². The van der Waals surface area contributed by atoms with Crippen molar-refractivity contribution in [3.8, 4) is 33.8 Å². The van der Waals surface area contributed by atoms with Crippen LogP contribution in [0.3, 0.4) is 0 Å². The molecule has 170 valence electrons. The predicted molar refractivity (Wildman–Crippen MR) is 141 cm³/mol. The first-order chi connectivity index (χ1) is 17.2. The number of ketones is 1. The molecule has 0 spiro atoms. The number of ether oxygens (including phenoxy) is 1. The quantitative estimate of drug-likeness (QED) is 0.194. The lowest BCUT2D eigenvalue weighted by Gasteiger charge is -2.03. The second-order valence-electron chi connectivity index (χ2n) is 8.08. The van der Waals surface area contributed by atoms with E-state index in [2.05, 4.69) is 12.1 Å². The average Bonchev–Trinajstić information content (AvgIpc) is 3.37. The summed E-state index contributed by atoms with van der Waals surface area (Å²) in [6, 6.07) is 35.5. The Kier molecular flexibility index (Phi) is 6.35. The van der Waals surface area contributed by atoms with Crippen molar-refractivity contribution < 1.29 is 9.53 Å². The summed E-state index contributed by atoms with van der Waals surface area (Å²) in [5.74, 6) is 0.722. The van der Waals surface area contributed by atoms with Crippen molar-refractivity contribution in [1.29, 1.82) is 0 Å². The van der Waals surface area contributed by atoms with E-state index in [1.165, 1.54) is 0 Å². The molecule has 0 saturated heterocycles. The molecule has 0 aliphatic rings. The summed E-state index contributed by atoms with van der Waals surface area (Å²) in [6.07, 6.45) is 5.38. The summed E-state index contributed by atoms with van der Waals surface area (Å²) in [5.41, 5.74) is 6.39. The van der Waals surface area contributed by atoms with Gasteiger partial charge in [0.25, 0.3) is 0 Å². The van der Waals surface area contributed by atoms with Gasteiger partial charge in [-0.1, -0.05) is 72.8 Å². The molecule has 0 amide bonds. The van der Waals surface area contributed by atoms with Crippen LogP contribution < -0.4 is 4.74 Å². The summed E-state index contributed by atoms with van der Waals surface area (Å²) in [5, 5.41) is 4.82. The number of benzene rings is 4. The van der Waals surface area contributed by atoms with Gasteiger partial charge >= 0.3 is 0 Å². The van der Waals surface area contributed by atoms with Crippen molar-refractivity contribution in [3.63, 3.8) is 0 Å². The van der Waals surface area contributed by atoms with Crippen LogP contribution in [0.2, 0.25) is 0 Å². The van der Waals surface area contributed by atoms with Crippen molar-refractivity contribution >= 4 is 11.9 Å². The van der Waals surface area contributed by atoms with Gasteiger partial charge in [0.05, 0.1) is 18.5 Å². The minimum Gasteiger partial charge on any atom is -0.497 e. The Balaban J connectivity index is 1.44. The minimum absolute atomic E-state index is 0.0576. The highest BCUT2D eigenvalue weighted by atomic mass is 16.5. The Bertz CT molecular complexity index is 1450. The smallest absolute Gasteiger partial charge is 0.185 e. The molecule has 0 saturated carbocycles. The molecule has 1 heterocycles. The van der Waals surface area contributed by atoms with Crippen molar-refractivity contribution in [3.05, 3.63) is 133 Å². The molecule has 0 unspecified atom stereocenters. The van der Waals surface area contributed by atoms with Crippen LogP contribution in [0, 0.1) is 0 Å². The lowest BCUT2D eigenvalue weighted by atomic mass is 10.0. The van der Waals surface area contributed by atoms with Gasteiger partial charge in [-0.15, -0.1) is 0 Å². The number of aromatic nitrogens is 2. The van der Waals surface area contributed by atoms with Gasteiger partial charge in [-0.3, -0.25) is 4.79 Å². The number of nitrogens with zero attached hydrogens (tertiary/aromatic N) is 2. The summed E-state index contributed by atoms with van der Waals surface area (Å²) >= 11 is 0. The molecule has 0 N–H and O–H groups in total. The van der Waals surface area contributed by atoms with E-state index >= 15 is 0 Å². The predicted octanol–water partition coefficient (Wildman–Crippen LogP) is 7.11. The van der Waals surface area contributed by atoms with Crippen molar-refractivity contribution in [2.75, 3.05) is 7.11 Å². The molecule has 35 heavy (non-hydrogen) atoms. The molecule has 0 aliphatic heterocycles. The molecule has 4 nitrogen and oxygen atoms in total. The lowest BCUT2D eigenvalue weighted by Crippen LogP contribution is -1.94. The summed E-state index contributed by atoms with van der Waals surface area (Å²) in [6.45, 7) is 0. The third kappa shape index (κ3) is 4.97. The van der Waals surface area contributed by atoms with E-state index in [-0.39, 0.29) is 5.78 Å². The zero-order valence-corrected chi connectivity index (χ0v) is 19.3. The van der Waals surface area contributed by atoms with Crippen molar-refractivity contribution in [2.45, 2.75) is 0 Å². The molecule has 1 aromatic heterocycles. The molecule has 0 radical (unpaired) electrons. The fourth-order valence-electron chi connectivity index (χ4n) is 3.91. The van der Waals surface area contributed by atoms with E-state index in [0.29, 0.717) is 5.56 Å². The van der Waals surface area contributed by atoms with E-state index in [0.717, 1.165) is 39.4 Å². The number of rotatable bonds is 7. The number of allylic oxidation sites excluding steroid dienone is 1. The normalized spacial score (nSPS) is 11.0. The zero-order valence-electron chi connectivity index (χ0n) is 19.3. The molecular formula is C31H24N2O2. The first kappa shape index (κ1) is 22.1. The summed E-state index contributed by atoms with van der Waals surface area (Å²) in [7, 11) is 1.64. The molecule has 4 heteroatoms. The minimum atomic E-state index is -0.0576.